The standard InChI is InChI=1S/C17H18N2O6S2/c1-11-3-4-12(25-11)8-18-27(22,23)13-5-6-15-14(7-13)19(9-17(21)24-2)16(20)10-26-15/h3-7,18H,8-10H2,1-2H3. The lowest BCUT2D eigenvalue weighted by atomic mass is 10.2. The van der Waals surface area contributed by atoms with E-state index in [1.54, 1.807) is 25.1 Å². The monoisotopic (exact) mass is 410 g/mol. The second-order valence-electron chi connectivity index (χ2n) is 5.81. The number of sulfonamides is 1. The van der Waals surface area contributed by atoms with Crippen LogP contribution in [0.3, 0.4) is 0 Å². The van der Waals surface area contributed by atoms with Gasteiger partial charge in [0.05, 0.1) is 30.0 Å². The Morgan fingerprint density at radius 2 is 2.11 bits per heavy atom. The number of nitrogens with one attached hydrogen (secondary N) is 1. The number of nitrogens with zero attached hydrogens (tertiary/aromatic N) is 1. The summed E-state index contributed by atoms with van der Waals surface area (Å²) in [6, 6.07) is 7.92. The fourth-order valence-electron chi connectivity index (χ4n) is 2.55. The number of fused-ring (bicyclic) bond motifs is 1. The number of hydrogen-bond acceptors (Lipinski definition) is 7. The average molecular weight is 410 g/mol. The Morgan fingerprint density at radius 3 is 2.78 bits per heavy atom. The summed E-state index contributed by atoms with van der Waals surface area (Å²) >= 11 is 1.29. The van der Waals surface area contributed by atoms with Gasteiger partial charge in [-0.05, 0) is 37.3 Å². The molecule has 27 heavy (non-hydrogen) atoms. The highest BCUT2D eigenvalue weighted by Crippen LogP contribution is 2.36. The van der Waals surface area contributed by atoms with Gasteiger partial charge in [-0.25, -0.2) is 13.1 Å². The number of rotatable bonds is 6. The summed E-state index contributed by atoms with van der Waals surface area (Å²) in [5.41, 5.74) is 0.373. The maximum absolute atomic E-state index is 12.6. The van der Waals surface area contributed by atoms with Crippen LogP contribution in [0.1, 0.15) is 11.5 Å². The van der Waals surface area contributed by atoms with Crippen LogP contribution in [0.25, 0.3) is 0 Å². The summed E-state index contributed by atoms with van der Waals surface area (Å²) in [5, 5.41) is 0. The molecule has 0 unspecified atom stereocenters. The number of thioether (sulfide) groups is 1. The van der Waals surface area contributed by atoms with Gasteiger partial charge in [0.25, 0.3) is 0 Å². The maximum atomic E-state index is 12.6. The molecule has 3 rings (SSSR count). The van der Waals surface area contributed by atoms with Crippen LogP contribution >= 0.6 is 11.8 Å². The molecule has 144 valence electrons. The van der Waals surface area contributed by atoms with Crippen molar-refractivity contribution in [2.45, 2.75) is 23.3 Å². The largest absolute Gasteiger partial charge is 0.468 e. The number of carbonyl (C=O) groups is 2. The van der Waals surface area contributed by atoms with Crippen LogP contribution in [0.5, 0.6) is 0 Å². The highest BCUT2D eigenvalue weighted by Gasteiger charge is 2.28. The Kier molecular flexibility index (Phi) is 5.59. The summed E-state index contributed by atoms with van der Waals surface area (Å²) < 4.78 is 37.7. The molecule has 1 aliphatic rings. The molecule has 0 saturated carbocycles. The van der Waals surface area contributed by atoms with Crippen molar-refractivity contribution in [2.24, 2.45) is 0 Å². The summed E-state index contributed by atoms with van der Waals surface area (Å²) in [5.74, 6) is 0.484. The van der Waals surface area contributed by atoms with E-state index in [1.807, 2.05) is 0 Å². The number of methoxy groups -OCH3 is 1. The van der Waals surface area contributed by atoms with Gasteiger partial charge in [-0.2, -0.15) is 0 Å². The molecule has 1 aromatic carbocycles. The van der Waals surface area contributed by atoms with Crippen LogP contribution in [0.4, 0.5) is 5.69 Å². The minimum atomic E-state index is -3.83. The quantitative estimate of drug-likeness (QED) is 0.722. The van der Waals surface area contributed by atoms with Gasteiger partial charge >= 0.3 is 5.97 Å². The molecular weight excluding hydrogens is 392 g/mol. The van der Waals surface area contributed by atoms with Crippen molar-refractivity contribution in [1.82, 2.24) is 4.72 Å². The minimum absolute atomic E-state index is 0.00491. The predicted molar refractivity (Wildman–Crippen MR) is 99.0 cm³/mol. The normalized spacial score (nSPS) is 14.1. The van der Waals surface area contributed by atoms with Gasteiger partial charge in [0.15, 0.2) is 0 Å². The van der Waals surface area contributed by atoms with Crippen molar-refractivity contribution in [1.29, 1.82) is 0 Å². The topological polar surface area (TPSA) is 106 Å². The van der Waals surface area contributed by atoms with Gasteiger partial charge < -0.3 is 9.15 Å². The number of furan rings is 1. The number of aryl methyl sites for hydroxylation is 1. The third-order valence-electron chi connectivity index (χ3n) is 3.93. The van der Waals surface area contributed by atoms with E-state index in [2.05, 4.69) is 9.46 Å². The van der Waals surface area contributed by atoms with Crippen molar-refractivity contribution < 1.29 is 27.2 Å². The highest BCUT2D eigenvalue weighted by molar-refractivity contribution is 8.00. The molecule has 0 bridgehead atoms. The Balaban J connectivity index is 1.86. The van der Waals surface area contributed by atoms with Crippen LogP contribution in [0.2, 0.25) is 0 Å². The second kappa shape index (κ2) is 7.75. The maximum Gasteiger partial charge on any atom is 0.325 e. The molecule has 8 nitrogen and oxygen atoms in total. The number of ether oxygens (including phenoxy) is 1. The third kappa shape index (κ3) is 4.34. The van der Waals surface area contributed by atoms with Gasteiger partial charge in [-0.1, -0.05) is 0 Å². The van der Waals surface area contributed by atoms with E-state index in [0.29, 0.717) is 17.2 Å². The second-order valence-corrected chi connectivity index (χ2v) is 8.60. The third-order valence-corrected chi connectivity index (χ3v) is 6.38. The molecule has 10 heteroatoms. The van der Waals surface area contributed by atoms with E-state index in [4.69, 9.17) is 4.42 Å². The first-order valence-electron chi connectivity index (χ1n) is 7.99. The number of anilines is 1. The lowest BCUT2D eigenvalue weighted by Crippen LogP contribution is -2.39. The van der Waals surface area contributed by atoms with E-state index in [9.17, 15) is 18.0 Å². The van der Waals surface area contributed by atoms with Crippen LogP contribution in [-0.2, 0) is 30.9 Å². The van der Waals surface area contributed by atoms with Crippen molar-refractivity contribution in [3.05, 3.63) is 41.9 Å². The predicted octanol–water partition coefficient (Wildman–Crippen LogP) is 1.68. The first-order valence-corrected chi connectivity index (χ1v) is 10.5. The van der Waals surface area contributed by atoms with Crippen molar-refractivity contribution in [3.63, 3.8) is 0 Å². The molecule has 0 fully saturated rings. The Hall–Kier alpha value is -2.30. The van der Waals surface area contributed by atoms with Crippen molar-refractivity contribution in [2.75, 3.05) is 24.3 Å². The summed E-state index contributed by atoms with van der Waals surface area (Å²) in [4.78, 5) is 25.8. The van der Waals surface area contributed by atoms with E-state index >= 15 is 0 Å². The van der Waals surface area contributed by atoms with E-state index in [-0.39, 0.29) is 29.6 Å². The fourth-order valence-corrected chi connectivity index (χ4v) is 4.47. The van der Waals surface area contributed by atoms with Gasteiger partial charge in [0, 0.05) is 4.90 Å². The molecule has 0 saturated heterocycles. The van der Waals surface area contributed by atoms with E-state index in [0.717, 1.165) is 4.90 Å². The lowest BCUT2D eigenvalue weighted by Gasteiger charge is -2.28. The van der Waals surface area contributed by atoms with Gasteiger partial charge in [-0.3, -0.25) is 14.5 Å². The Labute approximate surface area is 160 Å². The van der Waals surface area contributed by atoms with E-state index < -0.39 is 16.0 Å². The zero-order valence-corrected chi connectivity index (χ0v) is 16.4. The minimum Gasteiger partial charge on any atom is -0.468 e. The van der Waals surface area contributed by atoms with Gasteiger partial charge in [0.1, 0.15) is 18.1 Å². The molecule has 0 aliphatic carbocycles. The van der Waals surface area contributed by atoms with Crippen LogP contribution < -0.4 is 9.62 Å². The fraction of sp³-hybridized carbons (Fsp3) is 0.294. The molecule has 0 spiro atoms. The number of benzene rings is 1. The van der Waals surface area contributed by atoms with Gasteiger partial charge in [0.2, 0.25) is 15.9 Å². The molecule has 2 aromatic rings. The molecule has 0 radical (unpaired) electrons. The summed E-state index contributed by atoms with van der Waals surface area (Å²) in [7, 11) is -2.60. The molecule has 1 N–H and O–H groups in total. The summed E-state index contributed by atoms with van der Waals surface area (Å²) in [6.45, 7) is 1.50. The lowest BCUT2D eigenvalue weighted by molar-refractivity contribution is -0.139. The highest BCUT2D eigenvalue weighted by atomic mass is 32.2. The average Bonchev–Trinajstić information content (AvgIpc) is 3.07. The number of esters is 1. The van der Waals surface area contributed by atoms with Crippen LogP contribution in [0.15, 0.2) is 44.5 Å². The molecule has 1 amide bonds. The van der Waals surface area contributed by atoms with Crippen LogP contribution in [-0.4, -0.2) is 39.7 Å². The zero-order valence-electron chi connectivity index (χ0n) is 14.7. The number of hydrogen-bond donors (Lipinski definition) is 1. The summed E-state index contributed by atoms with van der Waals surface area (Å²) in [6.07, 6.45) is 0. The first kappa shape index (κ1) is 19.5. The molecule has 2 heterocycles. The number of carbonyl (C=O) groups excluding carboxylic acids is 2. The Bertz CT molecular complexity index is 983. The molecular formula is C17H18N2O6S2. The van der Waals surface area contributed by atoms with Crippen molar-refractivity contribution in [3.8, 4) is 0 Å². The van der Waals surface area contributed by atoms with Gasteiger partial charge in [-0.15, -0.1) is 11.8 Å². The van der Waals surface area contributed by atoms with Crippen molar-refractivity contribution >= 4 is 39.3 Å². The SMILES string of the molecule is COC(=O)CN1C(=O)CSc2ccc(S(=O)(=O)NCc3ccc(C)o3)cc21. The van der Waals surface area contributed by atoms with E-state index in [1.165, 1.54) is 35.9 Å². The molecule has 1 aromatic heterocycles. The Morgan fingerprint density at radius 1 is 1.33 bits per heavy atom. The van der Waals surface area contributed by atoms with Crippen LogP contribution in [0, 0.1) is 6.92 Å². The number of amides is 1. The smallest absolute Gasteiger partial charge is 0.325 e. The first-order chi connectivity index (χ1) is 12.8. The molecule has 0 atom stereocenters. The zero-order chi connectivity index (χ0) is 19.6. The molecule has 1 aliphatic heterocycles.